The predicted molar refractivity (Wildman–Crippen MR) is 138 cm³/mol. The van der Waals surface area contributed by atoms with E-state index in [1.165, 1.54) is 11.1 Å². The highest BCUT2D eigenvalue weighted by atomic mass is 28.4. The molecule has 32 heavy (non-hydrogen) atoms. The van der Waals surface area contributed by atoms with Crippen LogP contribution in [0.4, 0.5) is 0 Å². The lowest BCUT2D eigenvalue weighted by atomic mass is 9.73. The van der Waals surface area contributed by atoms with Crippen LogP contribution >= 0.6 is 0 Å². The molecule has 0 heterocycles. The van der Waals surface area contributed by atoms with Crippen molar-refractivity contribution in [2.75, 3.05) is 7.11 Å². The van der Waals surface area contributed by atoms with Crippen molar-refractivity contribution in [2.24, 2.45) is 5.41 Å². The first-order valence-electron chi connectivity index (χ1n) is 12.4. The third-order valence-electron chi connectivity index (χ3n) is 7.63. The second-order valence-electron chi connectivity index (χ2n) is 11.1. The van der Waals surface area contributed by atoms with Crippen LogP contribution in [0, 0.1) is 5.41 Å². The molecule has 0 saturated carbocycles. The maximum Gasteiger partial charge on any atom is 0.201 e. The number of carbonyl (C=O) groups is 1. The Balaban J connectivity index is 2.69. The molecule has 0 amide bonds. The Kier molecular flexibility index (Phi) is 8.97. The van der Waals surface area contributed by atoms with Gasteiger partial charge in [-0.25, -0.2) is 0 Å². The summed E-state index contributed by atoms with van der Waals surface area (Å²) < 4.78 is 12.9. The number of hydrogen-bond acceptors (Lipinski definition) is 3. The Bertz CT molecular complexity index is 791. The van der Waals surface area contributed by atoms with Crippen LogP contribution in [0.1, 0.15) is 88.0 Å². The molecule has 2 bridgehead atoms. The van der Waals surface area contributed by atoms with Gasteiger partial charge in [-0.1, -0.05) is 64.8 Å². The van der Waals surface area contributed by atoms with E-state index in [9.17, 15) is 4.79 Å². The Morgan fingerprint density at radius 1 is 1.00 bits per heavy atom. The fraction of sp³-hybridized carbons (Fsp3) is 0.679. The average Bonchev–Trinajstić information content (AvgIpc) is 2.70. The number of methoxy groups -OCH3 is 1. The third-order valence-corrected chi connectivity index (χ3v) is 13.7. The van der Waals surface area contributed by atoms with E-state index < -0.39 is 13.7 Å². The van der Waals surface area contributed by atoms with Gasteiger partial charge in [-0.05, 0) is 75.2 Å². The molecule has 4 heteroatoms. The summed E-state index contributed by atoms with van der Waals surface area (Å²) in [6.45, 7) is 20.2. The summed E-state index contributed by atoms with van der Waals surface area (Å²) in [5.41, 5.74) is 4.17. The van der Waals surface area contributed by atoms with Crippen molar-refractivity contribution >= 4 is 14.1 Å². The summed E-state index contributed by atoms with van der Waals surface area (Å²) in [6.07, 6.45) is 11.9. The van der Waals surface area contributed by atoms with Crippen LogP contribution in [0.25, 0.3) is 0 Å². The van der Waals surface area contributed by atoms with Crippen molar-refractivity contribution in [1.29, 1.82) is 0 Å². The van der Waals surface area contributed by atoms with E-state index in [1.807, 2.05) is 12.2 Å². The second-order valence-corrected chi connectivity index (χ2v) is 16.5. The maximum atomic E-state index is 14.0. The molecule has 2 aliphatic rings. The van der Waals surface area contributed by atoms with E-state index in [2.05, 4.69) is 74.5 Å². The van der Waals surface area contributed by atoms with Crippen LogP contribution < -0.4 is 0 Å². The SMILES string of the molecule is COC1=C[C@]2(C)CC/C(C)=C/CC/C(C)=C/[C@H](O[Si](C(C)C)(C(C)C)C(C)C)C(=C1)C2=O. The zero-order valence-electron chi connectivity index (χ0n) is 22.2. The van der Waals surface area contributed by atoms with Crippen LogP contribution in [0.2, 0.25) is 16.6 Å². The van der Waals surface area contributed by atoms with E-state index in [-0.39, 0.29) is 11.9 Å². The van der Waals surface area contributed by atoms with Gasteiger partial charge in [0, 0.05) is 5.57 Å². The standard InChI is InChI=1S/C28H46O3Si/c1-19(2)32(20(3)4,21(5)6)31-26-16-23(8)13-11-12-22(7)14-15-28(9)18-24(30-10)17-25(26)27(28)29/h12,16-21,26H,11,13-15H2,1-10H3/b22-12+,23-16+/t26-,28-/m0/s1. The molecule has 0 aromatic carbocycles. The third kappa shape index (κ3) is 5.56. The fourth-order valence-electron chi connectivity index (χ4n) is 5.75. The summed E-state index contributed by atoms with van der Waals surface area (Å²) in [4.78, 5) is 14.0. The van der Waals surface area contributed by atoms with E-state index in [0.717, 1.165) is 37.0 Å². The molecule has 0 spiro atoms. The highest BCUT2D eigenvalue weighted by Gasteiger charge is 2.48. The van der Waals surface area contributed by atoms with E-state index in [0.29, 0.717) is 16.6 Å². The molecule has 2 atom stereocenters. The van der Waals surface area contributed by atoms with E-state index >= 15 is 0 Å². The molecule has 180 valence electrons. The second kappa shape index (κ2) is 10.7. The monoisotopic (exact) mass is 458 g/mol. The van der Waals surface area contributed by atoms with Gasteiger partial charge in [0.15, 0.2) is 5.78 Å². The number of carbonyl (C=O) groups excluding carboxylic acids is 1. The highest BCUT2D eigenvalue weighted by Crippen LogP contribution is 2.46. The zero-order chi connectivity index (χ0) is 24.3. The topological polar surface area (TPSA) is 35.5 Å². The molecule has 0 fully saturated rings. The minimum absolute atomic E-state index is 0.180. The Morgan fingerprint density at radius 3 is 2.12 bits per heavy atom. The molecule has 0 aliphatic heterocycles. The van der Waals surface area contributed by atoms with Crippen molar-refractivity contribution in [1.82, 2.24) is 0 Å². The van der Waals surface area contributed by atoms with Gasteiger partial charge in [0.05, 0.1) is 18.6 Å². The van der Waals surface area contributed by atoms with Gasteiger partial charge >= 0.3 is 0 Å². The van der Waals surface area contributed by atoms with Crippen LogP contribution in [0.5, 0.6) is 0 Å². The van der Waals surface area contributed by atoms with Crippen LogP contribution in [-0.2, 0) is 14.0 Å². The molecule has 0 N–H and O–H groups in total. The molecule has 0 aromatic rings. The van der Waals surface area contributed by atoms with E-state index in [4.69, 9.17) is 9.16 Å². The summed E-state index contributed by atoms with van der Waals surface area (Å²) >= 11 is 0. The summed E-state index contributed by atoms with van der Waals surface area (Å²) in [7, 11) is -0.507. The lowest BCUT2D eigenvalue weighted by molar-refractivity contribution is -0.123. The number of rotatable bonds is 6. The van der Waals surface area contributed by atoms with Crippen LogP contribution in [0.15, 0.2) is 46.8 Å². The normalized spacial score (nSPS) is 28.9. The van der Waals surface area contributed by atoms with Crippen LogP contribution in [-0.4, -0.2) is 27.3 Å². The smallest absolute Gasteiger partial charge is 0.201 e. The van der Waals surface area contributed by atoms with Crippen molar-refractivity contribution in [3.63, 3.8) is 0 Å². The number of fused-ring (bicyclic) bond motifs is 2. The first-order chi connectivity index (χ1) is 14.9. The molecule has 0 radical (unpaired) electrons. The van der Waals surface area contributed by atoms with Crippen molar-refractivity contribution in [3.8, 4) is 0 Å². The van der Waals surface area contributed by atoms with Gasteiger partial charge in [-0.3, -0.25) is 4.79 Å². The van der Waals surface area contributed by atoms with Gasteiger partial charge in [0.1, 0.15) is 5.76 Å². The quantitative estimate of drug-likeness (QED) is 0.298. The molecule has 0 aromatic heterocycles. The Hall–Kier alpha value is -1.39. The fourth-order valence-corrected chi connectivity index (χ4v) is 11.2. The highest BCUT2D eigenvalue weighted by molar-refractivity contribution is 6.77. The molecule has 0 saturated heterocycles. The molecule has 0 unspecified atom stereocenters. The van der Waals surface area contributed by atoms with Gasteiger partial charge < -0.3 is 9.16 Å². The molecular formula is C28H46O3Si. The number of hydrogen-bond donors (Lipinski definition) is 0. The average molecular weight is 459 g/mol. The van der Waals surface area contributed by atoms with Crippen molar-refractivity contribution in [3.05, 3.63) is 46.8 Å². The van der Waals surface area contributed by atoms with Gasteiger partial charge in [0.25, 0.3) is 0 Å². The van der Waals surface area contributed by atoms with Gasteiger partial charge in [0.2, 0.25) is 8.32 Å². The summed E-state index contributed by atoms with van der Waals surface area (Å²) in [6, 6.07) is 0. The largest absolute Gasteiger partial charge is 0.497 e. The zero-order valence-corrected chi connectivity index (χ0v) is 23.2. The molecule has 2 rings (SSSR count). The Morgan fingerprint density at radius 2 is 1.59 bits per heavy atom. The molecule has 2 aliphatic carbocycles. The van der Waals surface area contributed by atoms with Crippen molar-refractivity contribution in [2.45, 2.75) is 111 Å². The minimum Gasteiger partial charge on any atom is -0.497 e. The molecular weight excluding hydrogens is 412 g/mol. The summed E-state index contributed by atoms with van der Waals surface area (Å²) in [5.74, 6) is 0.950. The van der Waals surface area contributed by atoms with Crippen LogP contribution in [0.3, 0.4) is 0 Å². The first-order valence-corrected chi connectivity index (χ1v) is 14.5. The predicted octanol–water partition coefficient (Wildman–Crippen LogP) is 8.06. The lowest BCUT2D eigenvalue weighted by Crippen LogP contribution is -2.51. The molecule has 3 nitrogen and oxygen atoms in total. The van der Waals surface area contributed by atoms with Crippen molar-refractivity contribution < 1.29 is 14.0 Å². The van der Waals surface area contributed by atoms with E-state index in [1.54, 1.807) is 7.11 Å². The summed E-state index contributed by atoms with van der Waals surface area (Å²) in [5, 5.41) is 0. The lowest BCUT2D eigenvalue weighted by Gasteiger charge is -2.45. The minimum atomic E-state index is -2.20. The van der Waals surface area contributed by atoms with Gasteiger partial charge in [-0.15, -0.1) is 0 Å². The first kappa shape index (κ1) is 26.9. The number of Topliss-reactive ketones (excluding diaryl/α,β-unsaturated/α-hetero) is 1. The van der Waals surface area contributed by atoms with Gasteiger partial charge in [-0.2, -0.15) is 0 Å². The number of allylic oxidation sites excluding steroid dienone is 5. The Labute approximate surface area is 198 Å². The number of ketones is 1. The maximum absolute atomic E-state index is 14.0. The number of ether oxygens (including phenoxy) is 1.